The molecule has 1 rings (SSSR count). The van der Waals surface area contributed by atoms with Crippen molar-refractivity contribution in [1.82, 2.24) is 0 Å². The fraction of sp³-hybridized carbons (Fsp3) is 0.750. The average molecular weight is 126 g/mol. The zero-order valence-electron chi connectivity index (χ0n) is 5.77. The van der Waals surface area contributed by atoms with Crippen LogP contribution in [0.3, 0.4) is 0 Å². The van der Waals surface area contributed by atoms with Crippen LogP contribution in [0.5, 0.6) is 0 Å². The first-order valence-corrected chi connectivity index (χ1v) is 3.72. The first-order valence-electron chi connectivity index (χ1n) is 3.72. The highest BCUT2D eigenvalue weighted by molar-refractivity contribution is 5.15. The molecule has 1 nitrogen and oxygen atoms in total. The minimum absolute atomic E-state index is 0.350. The van der Waals surface area contributed by atoms with E-state index < -0.39 is 0 Å². The van der Waals surface area contributed by atoms with Crippen LogP contribution < -0.4 is 0 Å². The summed E-state index contributed by atoms with van der Waals surface area (Å²) in [6, 6.07) is 0. The number of rotatable bonds is 4. The molecule has 0 aliphatic heterocycles. The first kappa shape index (κ1) is 6.81. The van der Waals surface area contributed by atoms with Gasteiger partial charge in [0.2, 0.25) is 0 Å². The number of hydrogen-bond donors (Lipinski definition) is 1. The van der Waals surface area contributed by atoms with E-state index in [2.05, 4.69) is 6.08 Å². The predicted molar refractivity (Wildman–Crippen MR) is 38.3 cm³/mol. The monoisotopic (exact) mass is 126 g/mol. The molecule has 1 fully saturated rings. The number of hydrogen-bond acceptors (Lipinski definition) is 1. The van der Waals surface area contributed by atoms with Crippen LogP contribution in [0, 0.1) is 0 Å². The van der Waals surface area contributed by atoms with Gasteiger partial charge < -0.3 is 5.11 Å². The highest BCUT2D eigenvalue weighted by Crippen LogP contribution is 2.28. The Morgan fingerprint density at radius 3 is 2.67 bits per heavy atom. The van der Waals surface area contributed by atoms with Crippen LogP contribution >= 0.6 is 0 Å². The van der Waals surface area contributed by atoms with Gasteiger partial charge in [0, 0.05) is 6.61 Å². The van der Waals surface area contributed by atoms with Gasteiger partial charge in [-0.25, -0.2) is 0 Å². The summed E-state index contributed by atoms with van der Waals surface area (Å²) < 4.78 is 0. The van der Waals surface area contributed by atoms with E-state index in [-0.39, 0.29) is 0 Å². The van der Waals surface area contributed by atoms with E-state index in [4.69, 9.17) is 5.11 Å². The van der Waals surface area contributed by atoms with Crippen molar-refractivity contribution in [1.29, 1.82) is 0 Å². The third-order valence-electron chi connectivity index (χ3n) is 1.58. The lowest BCUT2D eigenvalue weighted by Gasteiger charge is -1.89. The normalized spacial score (nSPS) is 15.9. The van der Waals surface area contributed by atoms with Crippen LogP contribution in [0.2, 0.25) is 0 Å². The van der Waals surface area contributed by atoms with Crippen LogP contribution in [0.1, 0.15) is 32.1 Å². The van der Waals surface area contributed by atoms with Crippen molar-refractivity contribution in [3.05, 3.63) is 11.6 Å². The second-order valence-electron chi connectivity index (χ2n) is 2.58. The first-order chi connectivity index (χ1) is 4.43. The minimum Gasteiger partial charge on any atom is -0.396 e. The van der Waals surface area contributed by atoms with Gasteiger partial charge in [-0.1, -0.05) is 11.6 Å². The molecule has 9 heavy (non-hydrogen) atoms. The lowest BCUT2D eigenvalue weighted by Crippen LogP contribution is -1.79. The van der Waals surface area contributed by atoms with Crippen molar-refractivity contribution in [2.24, 2.45) is 0 Å². The maximum Gasteiger partial charge on any atom is 0.0431 e. The van der Waals surface area contributed by atoms with E-state index in [0.29, 0.717) is 6.61 Å². The Hall–Kier alpha value is -0.300. The number of allylic oxidation sites excluding steroid dienone is 2. The van der Waals surface area contributed by atoms with E-state index in [1.54, 1.807) is 5.57 Å². The van der Waals surface area contributed by atoms with Crippen LogP contribution in [0.4, 0.5) is 0 Å². The van der Waals surface area contributed by atoms with Gasteiger partial charge in [0.25, 0.3) is 0 Å². The van der Waals surface area contributed by atoms with Crippen LogP contribution in [0.15, 0.2) is 11.6 Å². The predicted octanol–water partition coefficient (Wildman–Crippen LogP) is 1.87. The third-order valence-corrected chi connectivity index (χ3v) is 1.58. The molecule has 0 radical (unpaired) electrons. The summed E-state index contributed by atoms with van der Waals surface area (Å²) in [5.41, 5.74) is 1.62. The molecular weight excluding hydrogens is 112 g/mol. The van der Waals surface area contributed by atoms with Crippen molar-refractivity contribution in [2.75, 3.05) is 6.61 Å². The summed E-state index contributed by atoms with van der Waals surface area (Å²) in [6.07, 6.45) is 8.27. The minimum atomic E-state index is 0.350. The summed E-state index contributed by atoms with van der Waals surface area (Å²) in [6.45, 7) is 0.350. The van der Waals surface area contributed by atoms with Gasteiger partial charge in [0.15, 0.2) is 0 Å². The number of unbranched alkanes of at least 4 members (excludes halogenated alkanes) is 2. The fourth-order valence-electron chi connectivity index (χ4n) is 0.839. The van der Waals surface area contributed by atoms with Gasteiger partial charge in [-0.2, -0.15) is 0 Å². The van der Waals surface area contributed by atoms with E-state index in [0.717, 1.165) is 12.8 Å². The van der Waals surface area contributed by atoms with Crippen molar-refractivity contribution in [3.8, 4) is 0 Å². The summed E-state index contributed by atoms with van der Waals surface area (Å²) in [5.74, 6) is 0. The molecule has 0 spiro atoms. The van der Waals surface area contributed by atoms with Crippen molar-refractivity contribution in [2.45, 2.75) is 32.1 Å². The molecule has 1 saturated carbocycles. The van der Waals surface area contributed by atoms with Crippen LogP contribution in [-0.4, -0.2) is 11.7 Å². The van der Waals surface area contributed by atoms with Crippen molar-refractivity contribution < 1.29 is 5.11 Å². The van der Waals surface area contributed by atoms with E-state index in [1.807, 2.05) is 0 Å². The SMILES string of the molecule is OCCCCC=C1CC1. The number of aliphatic hydroxyl groups excluding tert-OH is 1. The van der Waals surface area contributed by atoms with Gasteiger partial charge in [-0.15, -0.1) is 0 Å². The van der Waals surface area contributed by atoms with Crippen molar-refractivity contribution >= 4 is 0 Å². The molecule has 1 N–H and O–H groups in total. The van der Waals surface area contributed by atoms with Crippen LogP contribution in [-0.2, 0) is 0 Å². The quantitative estimate of drug-likeness (QED) is 0.450. The molecule has 0 atom stereocenters. The van der Waals surface area contributed by atoms with Gasteiger partial charge in [-0.3, -0.25) is 0 Å². The maximum atomic E-state index is 8.43. The Bertz CT molecular complexity index is 99.1. The van der Waals surface area contributed by atoms with Crippen molar-refractivity contribution in [3.63, 3.8) is 0 Å². The summed E-state index contributed by atoms with van der Waals surface area (Å²) >= 11 is 0. The highest BCUT2D eigenvalue weighted by Gasteiger charge is 2.08. The van der Waals surface area contributed by atoms with Gasteiger partial charge >= 0.3 is 0 Å². The average Bonchev–Trinajstić information content (AvgIpc) is 2.63. The molecule has 1 aliphatic rings. The molecule has 0 heterocycles. The molecule has 52 valence electrons. The Balaban J connectivity index is 1.87. The molecule has 0 saturated heterocycles. The Labute approximate surface area is 56.4 Å². The second kappa shape index (κ2) is 3.67. The molecule has 0 unspecified atom stereocenters. The second-order valence-corrected chi connectivity index (χ2v) is 2.58. The lowest BCUT2D eigenvalue weighted by molar-refractivity contribution is 0.285. The summed E-state index contributed by atoms with van der Waals surface area (Å²) in [5, 5.41) is 8.43. The van der Waals surface area contributed by atoms with Gasteiger partial charge in [0.1, 0.15) is 0 Å². The Kier molecular flexibility index (Phi) is 2.78. The van der Waals surface area contributed by atoms with E-state index in [9.17, 15) is 0 Å². The summed E-state index contributed by atoms with van der Waals surface area (Å²) in [7, 11) is 0. The highest BCUT2D eigenvalue weighted by atomic mass is 16.2. The molecule has 0 aromatic carbocycles. The molecule has 0 aromatic rings. The Morgan fingerprint density at radius 2 is 2.11 bits per heavy atom. The lowest BCUT2D eigenvalue weighted by atomic mass is 10.2. The standard InChI is InChI=1S/C8H14O/c9-7-3-1-2-4-8-5-6-8/h4,9H,1-3,5-7H2. The molecule has 1 heteroatoms. The smallest absolute Gasteiger partial charge is 0.0431 e. The molecular formula is C8H14O. The largest absolute Gasteiger partial charge is 0.396 e. The van der Waals surface area contributed by atoms with E-state index in [1.165, 1.54) is 19.3 Å². The maximum absolute atomic E-state index is 8.43. The summed E-state index contributed by atoms with van der Waals surface area (Å²) in [4.78, 5) is 0. The molecule has 1 aliphatic carbocycles. The van der Waals surface area contributed by atoms with Gasteiger partial charge in [0.05, 0.1) is 0 Å². The van der Waals surface area contributed by atoms with Crippen LogP contribution in [0.25, 0.3) is 0 Å². The van der Waals surface area contributed by atoms with Gasteiger partial charge in [-0.05, 0) is 32.1 Å². The Morgan fingerprint density at radius 1 is 1.33 bits per heavy atom. The van der Waals surface area contributed by atoms with E-state index >= 15 is 0 Å². The zero-order valence-corrected chi connectivity index (χ0v) is 5.77. The zero-order chi connectivity index (χ0) is 6.53. The topological polar surface area (TPSA) is 20.2 Å². The molecule has 0 bridgehead atoms. The third kappa shape index (κ3) is 3.31. The molecule has 0 aromatic heterocycles. The fourth-order valence-corrected chi connectivity index (χ4v) is 0.839. The number of aliphatic hydroxyl groups is 1. The molecule has 0 amide bonds.